The summed E-state index contributed by atoms with van der Waals surface area (Å²) >= 11 is 0. The van der Waals surface area contributed by atoms with E-state index >= 15 is 0 Å². The molecule has 0 saturated carbocycles. The molecule has 0 spiro atoms. The van der Waals surface area contributed by atoms with Crippen molar-refractivity contribution in [3.8, 4) is 0 Å². The van der Waals surface area contributed by atoms with Gasteiger partial charge in [-0.1, -0.05) is 6.92 Å². The Morgan fingerprint density at radius 2 is 1.60 bits per heavy atom. The fraction of sp³-hybridized carbons (Fsp3) is 0.778. The summed E-state index contributed by atoms with van der Waals surface area (Å²) in [5, 5.41) is 0. The Kier molecular flexibility index (Phi) is 3.66. The Balaban J connectivity index is 4.17. The Morgan fingerprint density at radius 3 is 1.70 bits per heavy atom. The molecule has 0 rings (SSSR count). The van der Waals surface area contributed by atoms with Gasteiger partial charge in [-0.3, -0.25) is 4.48 Å². The van der Waals surface area contributed by atoms with Gasteiger partial charge in [0.05, 0.1) is 20.1 Å². The lowest BCUT2D eigenvalue weighted by Crippen LogP contribution is -2.41. The predicted molar refractivity (Wildman–Crippen MR) is 46.7 cm³/mol. The molecule has 0 aromatic carbocycles. The fourth-order valence-corrected chi connectivity index (χ4v) is 1.05. The van der Waals surface area contributed by atoms with Crippen molar-refractivity contribution in [1.82, 2.24) is 0 Å². The van der Waals surface area contributed by atoms with Gasteiger partial charge >= 0.3 is 0 Å². The molecule has 0 bridgehead atoms. The molecule has 1 nitrogen and oxygen atoms in total. The molecule has 0 unspecified atom stereocenters. The number of rotatable bonds is 4. The maximum Gasteiger partial charge on any atom is 0.101 e. The minimum absolute atomic E-state index is 1.02. The third kappa shape index (κ3) is 1.84. The molecular weight excluding hydrogens is 122 g/mol. The second kappa shape index (κ2) is 3.77. The van der Waals surface area contributed by atoms with Gasteiger partial charge in [0, 0.05) is 6.42 Å². The summed E-state index contributed by atoms with van der Waals surface area (Å²) < 4.78 is 1.02. The van der Waals surface area contributed by atoms with Gasteiger partial charge in [-0.15, -0.1) is 0 Å². The van der Waals surface area contributed by atoms with Crippen molar-refractivity contribution in [3.63, 3.8) is 0 Å². The van der Waals surface area contributed by atoms with Crippen LogP contribution in [0.15, 0.2) is 12.3 Å². The first-order chi connectivity index (χ1) is 4.60. The third-order valence-corrected chi connectivity index (χ3v) is 2.57. The summed E-state index contributed by atoms with van der Waals surface area (Å²) in [4.78, 5) is 0. The summed E-state index contributed by atoms with van der Waals surface area (Å²) in [6.07, 6.45) is 1.10. The highest BCUT2D eigenvalue weighted by molar-refractivity contribution is 4.80. The Hall–Kier alpha value is -0.300. The average molecular weight is 142 g/mol. The van der Waals surface area contributed by atoms with E-state index < -0.39 is 0 Å². The van der Waals surface area contributed by atoms with Gasteiger partial charge in [0.25, 0.3) is 0 Å². The molecule has 10 heavy (non-hydrogen) atoms. The van der Waals surface area contributed by atoms with E-state index in [-0.39, 0.29) is 0 Å². The summed E-state index contributed by atoms with van der Waals surface area (Å²) in [6, 6.07) is 0. The van der Waals surface area contributed by atoms with Crippen molar-refractivity contribution in [1.29, 1.82) is 0 Å². The molecule has 0 atom stereocenters. The van der Waals surface area contributed by atoms with Crippen LogP contribution in [0.4, 0.5) is 0 Å². The van der Waals surface area contributed by atoms with Crippen molar-refractivity contribution >= 4 is 0 Å². The SMILES string of the molecule is C=C(CC)[N+](C)(CC)CC. The summed E-state index contributed by atoms with van der Waals surface area (Å²) in [6.45, 7) is 13.0. The first-order valence-corrected chi connectivity index (χ1v) is 4.13. The molecule has 0 N–H and O–H groups in total. The van der Waals surface area contributed by atoms with E-state index in [0.29, 0.717) is 0 Å². The van der Waals surface area contributed by atoms with Crippen molar-refractivity contribution in [2.45, 2.75) is 27.2 Å². The van der Waals surface area contributed by atoms with Crippen LogP contribution >= 0.6 is 0 Å². The van der Waals surface area contributed by atoms with Gasteiger partial charge in [0.15, 0.2) is 0 Å². The zero-order valence-corrected chi connectivity index (χ0v) is 7.78. The van der Waals surface area contributed by atoms with Gasteiger partial charge in [-0.25, -0.2) is 0 Å². The number of quaternary nitrogens is 1. The normalized spacial score (nSPS) is 11.6. The average Bonchev–Trinajstić information content (AvgIpc) is 2.01. The first kappa shape index (κ1) is 9.70. The molecule has 0 aliphatic carbocycles. The molecule has 0 aromatic heterocycles. The molecule has 0 aromatic rings. The quantitative estimate of drug-likeness (QED) is 0.529. The van der Waals surface area contributed by atoms with Crippen LogP contribution in [-0.4, -0.2) is 24.6 Å². The van der Waals surface area contributed by atoms with E-state index in [0.717, 1.165) is 24.0 Å². The van der Waals surface area contributed by atoms with E-state index in [2.05, 4.69) is 34.4 Å². The largest absolute Gasteiger partial charge is 0.298 e. The van der Waals surface area contributed by atoms with E-state index in [1.165, 1.54) is 5.70 Å². The number of nitrogens with zero attached hydrogens (tertiary/aromatic N) is 1. The topological polar surface area (TPSA) is 0 Å². The van der Waals surface area contributed by atoms with Gasteiger partial charge in [-0.05, 0) is 20.4 Å². The molecule has 60 valence electrons. The molecule has 0 aliphatic rings. The summed E-state index contributed by atoms with van der Waals surface area (Å²) in [7, 11) is 2.24. The van der Waals surface area contributed by atoms with Crippen LogP contribution in [0.3, 0.4) is 0 Å². The van der Waals surface area contributed by atoms with Crippen molar-refractivity contribution in [3.05, 3.63) is 12.3 Å². The third-order valence-electron chi connectivity index (χ3n) is 2.57. The van der Waals surface area contributed by atoms with E-state index in [9.17, 15) is 0 Å². The van der Waals surface area contributed by atoms with Crippen LogP contribution in [0.2, 0.25) is 0 Å². The smallest absolute Gasteiger partial charge is 0.101 e. The zero-order valence-electron chi connectivity index (χ0n) is 7.78. The summed E-state index contributed by atoms with van der Waals surface area (Å²) in [5.41, 5.74) is 1.34. The Labute approximate surface area is 64.9 Å². The van der Waals surface area contributed by atoms with E-state index in [1.807, 2.05) is 0 Å². The van der Waals surface area contributed by atoms with Crippen LogP contribution in [0, 0.1) is 0 Å². The standard InChI is InChI=1S/C9H20N/c1-6-9(4)10(5,7-2)8-3/h4,6-8H2,1-3,5H3/q+1. The maximum absolute atomic E-state index is 4.06. The lowest BCUT2D eigenvalue weighted by Gasteiger charge is -2.32. The highest BCUT2D eigenvalue weighted by Crippen LogP contribution is 2.14. The van der Waals surface area contributed by atoms with Crippen LogP contribution in [0.25, 0.3) is 0 Å². The predicted octanol–water partition coefficient (Wildman–Crippen LogP) is 2.40. The Bertz CT molecular complexity index is 112. The highest BCUT2D eigenvalue weighted by atomic mass is 15.3. The minimum atomic E-state index is 1.02. The maximum atomic E-state index is 4.06. The van der Waals surface area contributed by atoms with Crippen molar-refractivity contribution in [2.75, 3.05) is 20.1 Å². The lowest BCUT2D eigenvalue weighted by atomic mass is 10.2. The van der Waals surface area contributed by atoms with Gasteiger partial charge in [0.2, 0.25) is 0 Å². The minimum Gasteiger partial charge on any atom is -0.298 e. The molecule has 0 aliphatic heterocycles. The number of allylic oxidation sites excluding steroid dienone is 1. The van der Waals surface area contributed by atoms with Gasteiger partial charge < -0.3 is 0 Å². The second-order valence-electron chi connectivity index (χ2n) is 2.95. The zero-order chi connectivity index (χ0) is 8.20. The van der Waals surface area contributed by atoms with Crippen LogP contribution in [0.1, 0.15) is 27.2 Å². The Morgan fingerprint density at radius 1 is 1.20 bits per heavy atom. The molecular formula is C9H20N+. The van der Waals surface area contributed by atoms with Crippen LogP contribution < -0.4 is 0 Å². The van der Waals surface area contributed by atoms with Gasteiger partial charge in [0.1, 0.15) is 5.70 Å². The van der Waals surface area contributed by atoms with E-state index in [4.69, 9.17) is 0 Å². The number of hydrogen-bond donors (Lipinski definition) is 0. The molecule has 0 radical (unpaired) electrons. The van der Waals surface area contributed by atoms with Crippen LogP contribution in [0.5, 0.6) is 0 Å². The van der Waals surface area contributed by atoms with Crippen LogP contribution in [-0.2, 0) is 0 Å². The van der Waals surface area contributed by atoms with E-state index in [1.54, 1.807) is 0 Å². The van der Waals surface area contributed by atoms with Crippen molar-refractivity contribution < 1.29 is 4.48 Å². The monoisotopic (exact) mass is 142 g/mol. The second-order valence-corrected chi connectivity index (χ2v) is 2.95. The highest BCUT2D eigenvalue weighted by Gasteiger charge is 2.18. The first-order valence-electron chi connectivity index (χ1n) is 4.13. The fourth-order valence-electron chi connectivity index (χ4n) is 1.05. The van der Waals surface area contributed by atoms with Gasteiger partial charge in [-0.2, -0.15) is 0 Å². The summed E-state index contributed by atoms with van der Waals surface area (Å²) in [5.74, 6) is 0. The number of hydrogen-bond acceptors (Lipinski definition) is 0. The van der Waals surface area contributed by atoms with Crippen molar-refractivity contribution in [2.24, 2.45) is 0 Å². The molecule has 0 amide bonds. The molecule has 1 heteroatoms. The molecule has 0 saturated heterocycles. The molecule has 0 heterocycles. The molecule has 0 fully saturated rings. The lowest BCUT2D eigenvalue weighted by molar-refractivity contribution is -0.869.